The lowest BCUT2D eigenvalue weighted by molar-refractivity contribution is 0.776. The van der Waals surface area contributed by atoms with E-state index in [1.54, 1.807) is 13.2 Å². The van der Waals surface area contributed by atoms with Gasteiger partial charge in [0.25, 0.3) is 0 Å². The molecular weight excluding hydrogens is 238 g/mol. The summed E-state index contributed by atoms with van der Waals surface area (Å²) in [7, 11) is 1.77. The van der Waals surface area contributed by atoms with Crippen molar-refractivity contribution in [3.8, 4) is 6.07 Å². The number of hydrogen-bond acceptors (Lipinski definition) is 5. The Morgan fingerprint density at radius 1 is 1.65 bits per heavy atom. The van der Waals surface area contributed by atoms with E-state index in [1.807, 2.05) is 0 Å². The van der Waals surface area contributed by atoms with Gasteiger partial charge in [0.05, 0.1) is 18.7 Å². The van der Waals surface area contributed by atoms with Crippen LogP contribution in [0.4, 0.5) is 11.8 Å². The molecule has 0 saturated heterocycles. The van der Waals surface area contributed by atoms with E-state index >= 15 is 0 Å². The number of anilines is 2. The molecule has 6 heteroatoms. The first kappa shape index (κ1) is 11.9. The number of nitrogens with one attached hydrogen (secondary N) is 1. The highest BCUT2D eigenvalue weighted by Gasteiger charge is 2.31. The van der Waals surface area contributed by atoms with Crippen LogP contribution >= 0.6 is 11.6 Å². The van der Waals surface area contributed by atoms with Gasteiger partial charge in [0.15, 0.2) is 5.82 Å². The molecule has 0 aromatic carbocycles. The van der Waals surface area contributed by atoms with E-state index in [-0.39, 0.29) is 0 Å². The Labute approximate surface area is 105 Å². The van der Waals surface area contributed by atoms with Crippen LogP contribution in [0.3, 0.4) is 0 Å². The maximum atomic E-state index is 8.68. The lowest BCUT2D eigenvalue weighted by atomic mass is 10.3. The average Bonchev–Trinajstić information content (AvgIpc) is 3.16. The first-order valence-corrected chi connectivity index (χ1v) is 5.98. The fraction of sp³-hybridized carbons (Fsp3) is 0.545. The van der Waals surface area contributed by atoms with Gasteiger partial charge < -0.3 is 10.2 Å². The van der Waals surface area contributed by atoms with Crippen molar-refractivity contribution in [1.82, 2.24) is 9.97 Å². The molecule has 2 rings (SSSR count). The number of halogens is 1. The molecule has 1 aliphatic rings. The van der Waals surface area contributed by atoms with Crippen molar-refractivity contribution in [1.29, 1.82) is 5.26 Å². The van der Waals surface area contributed by atoms with Crippen molar-refractivity contribution in [2.75, 3.05) is 23.8 Å². The van der Waals surface area contributed by atoms with Gasteiger partial charge >= 0.3 is 0 Å². The van der Waals surface area contributed by atoms with Crippen molar-refractivity contribution in [3.05, 3.63) is 11.2 Å². The molecule has 1 aromatic rings. The van der Waals surface area contributed by atoms with Gasteiger partial charge in [-0.05, 0) is 12.8 Å². The number of nitrogens with zero attached hydrogens (tertiary/aromatic N) is 4. The third-order valence-corrected chi connectivity index (χ3v) is 2.94. The standard InChI is InChI=1S/C11H14ClN5/c1-14-11-15-7-9(12)10(16-11)17(6-2-5-13)8-3-4-8/h7-8H,2-4,6H2,1H3,(H,14,15,16). The Bertz CT molecular complexity index is 438. The zero-order valence-electron chi connectivity index (χ0n) is 9.65. The SMILES string of the molecule is CNc1ncc(Cl)c(N(CCC#N)C2CC2)n1. The van der Waals surface area contributed by atoms with E-state index < -0.39 is 0 Å². The van der Waals surface area contributed by atoms with Crippen LogP contribution in [0.2, 0.25) is 5.02 Å². The molecule has 0 spiro atoms. The van der Waals surface area contributed by atoms with Crippen LogP contribution in [0.5, 0.6) is 0 Å². The van der Waals surface area contributed by atoms with E-state index in [1.165, 1.54) is 0 Å². The van der Waals surface area contributed by atoms with Crippen LogP contribution in [0.25, 0.3) is 0 Å². The van der Waals surface area contributed by atoms with E-state index in [2.05, 4.69) is 26.3 Å². The van der Waals surface area contributed by atoms with Crippen LogP contribution in [0, 0.1) is 11.3 Å². The Hall–Kier alpha value is -1.54. The quantitative estimate of drug-likeness (QED) is 0.868. The molecule has 0 unspecified atom stereocenters. The fourth-order valence-electron chi connectivity index (χ4n) is 1.70. The summed E-state index contributed by atoms with van der Waals surface area (Å²) < 4.78 is 0. The highest BCUT2D eigenvalue weighted by Crippen LogP contribution is 2.34. The van der Waals surface area contributed by atoms with Gasteiger partial charge in [-0.3, -0.25) is 0 Å². The van der Waals surface area contributed by atoms with Crippen LogP contribution < -0.4 is 10.2 Å². The largest absolute Gasteiger partial charge is 0.357 e. The lowest BCUT2D eigenvalue weighted by Crippen LogP contribution is -2.28. The third kappa shape index (κ3) is 2.77. The lowest BCUT2D eigenvalue weighted by Gasteiger charge is -2.23. The molecule has 1 heterocycles. The van der Waals surface area contributed by atoms with Crippen LogP contribution in [-0.2, 0) is 0 Å². The summed E-state index contributed by atoms with van der Waals surface area (Å²) in [6, 6.07) is 2.63. The normalized spacial score (nSPS) is 14.2. The van der Waals surface area contributed by atoms with Crippen molar-refractivity contribution in [2.45, 2.75) is 25.3 Å². The van der Waals surface area contributed by atoms with Crippen molar-refractivity contribution in [3.63, 3.8) is 0 Å². The monoisotopic (exact) mass is 251 g/mol. The summed E-state index contributed by atoms with van der Waals surface area (Å²) in [5.41, 5.74) is 0. The van der Waals surface area contributed by atoms with Crippen LogP contribution in [0.15, 0.2) is 6.20 Å². The molecule has 1 aliphatic carbocycles. The second-order valence-corrected chi connectivity index (χ2v) is 4.36. The highest BCUT2D eigenvalue weighted by atomic mass is 35.5. The third-order valence-electron chi connectivity index (χ3n) is 2.67. The molecule has 17 heavy (non-hydrogen) atoms. The van der Waals surface area contributed by atoms with Gasteiger partial charge in [-0.1, -0.05) is 11.6 Å². The molecule has 0 bridgehead atoms. The summed E-state index contributed by atoms with van der Waals surface area (Å²) in [6.45, 7) is 0.668. The predicted molar refractivity (Wildman–Crippen MR) is 67.2 cm³/mol. The zero-order valence-corrected chi connectivity index (χ0v) is 10.4. The smallest absolute Gasteiger partial charge is 0.224 e. The van der Waals surface area contributed by atoms with Gasteiger partial charge in [-0.15, -0.1) is 0 Å². The number of rotatable bonds is 5. The second kappa shape index (κ2) is 5.19. The van der Waals surface area contributed by atoms with Gasteiger partial charge in [-0.2, -0.15) is 10.2 Å². The Morgan fingerprint density at radius 3 is 3.00 bits per heavy atom. The van der Waals surface area contributed by atoms with Gasteiger partial charge in [0, 0.05) is 19.6 Å². The molecule has 0 amide bonds. The maximum absolute atomic E-state index is 8.68. The van der Waals surface area contributed by atoms with E-state index in [4.69, 9.17) is 16.9 Å². The van der Waals surface area contributed by atoms with Crippen molar-refractivity contribution in [2.24, 2.45) is 0 Å². The van der Waals surface area contributed by atoms with Gasteiger partial charge in [-0.25, -0.2) is 4.98 Å². The summed E-state index contributed by atoms with van der Waals surface area (Å²) in [5.74, 6) is 1.27. The summed E-state index contributed by atoms with van der Waals surface area (Å²) in [5, 5.41) is 12.1. The van der Waals surface area contributed by atoms with E-state index in [0.29, 0.717) is 30.0 Å². The number of aromatic nitrogens is 2. The molecule has 1 aromatic heterocycles. The molecule has 1 N–H and O–H groups in total. The van der Waals surface area contributed by atoms with Crippen molar-refractivity contribution < 1.29 is 0 Å². The Balaban J connectivity index is 2.24. The molecule has 1 fully saturated rings. The summed E-state index contributed by atoms with van der Waals surface area (Å²) in [6.07, 6.45) is 4.35. The summed E-state index contributed by atoms with van der Waals surface area (Å²) in [4.78, 5) is 10.5. The molecule has 90 valence electrons. The van der Waals surface area contributed by atoms with Crippen LogP contribution in [-0.4, -0.2) is 29.6 Å². The molecule has 1 saturated carbocycles. The number of hydrogen-bond donors (Lipinski definition) is 1. The van der Waals surface area contributed by atoms with Gasteiger partial charge in [0.1, 0.15) is 5.02 Å². The second-order valence-electron chi connectivity index (χ2n) is 3.95. The first-order chi connectivity index (χ1) is 8.26. The minimum absolute atomic E-state index is 0.473. The molecule has 0 radical (unpaired) electrons. The molecular formula is C11H14ClN5. The molecule has 0 aliphatic heterocycles. The Morgan fingerprint density at radius 2 is 2.41 bits per heavy atom. The van der Waals surface area contributed by atoms with Gasteiger partial charge in [0.2, 0.25) is 5.95 Å². The maximum Gasteiger partial charge on any atom is 0.224 e. The zero-order chi connectivity index (χ0) is 12.3. The topological polar surface area (TPSA) is 64.8 Å². The van der Waals surface area contributed by atoms with E-state index in [0.717, 1.165) is 18.7 Å². The fourth-order valence-corrected chi connectivity index (χ4v) is 1.90. The van der Waals surface area contributed by atoms with E-state index in [9.17, 15) is 0 Å². The van der Waals surface area contributed by atoms with Crippen LogP contribution in [0.1, 0.15) is 19.3 Å². The first-order valence-electron chi connectivity index (χ1n) is 5.60. The highest BCUT2D eigenvalue weighted by molar-refractivity contribution is 6.32. The minimum atomic E-state index is 0.473. The Kier molecular flexibility index (Phi) is 3.64. The predicted octanol–water partition coefficient (Wildman–Crippen LogP) is 2.05. The molecule has 5 nitrogen and oxygen atoms in total. The molecule has 0 atom stereocenters. The van der Waals surface area contributed by atoms with Crippen molar-refractivity contribution >= 4 is 23.4 Å². The summed E-state index contributed by atoms with van der Waals surface area (Å²) >= 11 is 6.12. The number of nitriles is 1. The average molecular weight is 252 g/mol. The minimum Gasteiger partial charge on any atom is -0.357 e.